The van der Waals surface area contributed by atoms with Crippen LogP contribution >= 0.6 is 11.8 Å². The number of aryl methyl sites for hydroxylation is 2. The van der Waals surface area contributed by atoms with Crippen molar-refractivity contribution in [3.05, 3.63) is 82.8 Å². The van der Waals surface area contributed by atoms with Crippen LogP contribution in [0.3, 0.4) is 0 Å². The molecular weight excluding hydrogens is 370 g/mol. The van der Waals surface area contributed by atoms with E-state index < -0.39 is 0 Å². The lowest BCUT2D eigenvalue weighted by Crippen LogP contribution is -2.25. The van der Waals surface area contributed by atoms with Gasteiger partial charge in [0.15, 0.2) is 5.76 Å². The number of methoxy groups -OCH3 is 1. The Morgan fingerprint density at radius 2 is 1.79 bits per heavy atom. The van der Waals surface area contributed by atoms with E-state index in [2.05, 4.69) is 37.4 Å². The zero-order valence-electron chi connectivity index (χ0n) is 16.5. The molecule has 0 saturated heterocycles. The van der Waals surface area contributed by atoms with Crippen LogP contribution in [0.15, 0.2) is 63.9 Å². The topological polar surface area (TPSA) is 51.5 Å². The third kappa shape index (κ3) is 4.98. The first-order chi connectivity index (χ1) is 13.6. The van der Waals surface area contributed by atoms with Gasteiger partial charge in [0.1, 0.15) is 11.5 Å². The van der Waals surface area contributed by atoms with Crippen molar-refractivity contribution in [1.29, 1.82) is 0 Å². The van der Waals surface area contributed by atoms with Crippen molar-refractivity contribution in [2.75, 3.05) is 13.7 Å². The Morgan fingerprint density at radius 1 is 1.04 bits per heavy atom. The lowest BCUT2D eigenvalue weighted by atomic mass is 10.1. The number of ether oxygens (including phenoxy) is 1. The van der Waals surface area contributed by atoms with Gasteiger partial charge in [0, 0.05) is 11.4 Å². The van der Waals surface area contributed by atoms with Gasteiger partial charge in [-0.1, -0.05) is 36.4 Å². The van der Waals surface area contributed by atoms with E-state index in [1.807, 2.05) is 30.3 Å². The van der Waals surface area contributed by atoms with Crippen molar-refractivity contribution in [1.82, 2.24) is 5.32 Å². The fraction of sp³-hybridized carbons (Fsp3) is 0.261. The van der Waals surface area contributed by atoms with Gasteiger partial charge in [-0.2, -0.15) is 0 Å². The van der Waals surface area contributed by atoms with E-state index in [4.69, 9.17) is 9.15 Å². The third-order valence-corrected chi connectivity index (χ3v) is 5.89. The Bertz CT molecular complexity index is 928. The summed E-state index contributed by atoms with van der Waals surface area (Å²) in [6.07, 6.45) is 0.700. The molecule has 0 saturated carbocycles. The van der Waals surface area contributed by atoms with E-state index in [1.54, 1.807) is 24.9 Å². The highest BCUT2D eigenvalue weighted by Gasteiger charge is 2.12. The molecule has 1 heterocycles. The van der Waals surface area contributed by atoms with Gasteiger partial charge in [0.25, 0.3) is 5.91 Å². The average Bonchev–Trinajstić information content (AvgIpc) is 3.17. The molecule has 0 aliphatic carbocycles. The van der Waals surface area contributed by atoms with Crippen LogP contribution in [0.25, 0.3) is 0 Å². The highest BCUT2D eigenvalue weighted by atomic mass is 32.2. The molecule has 0 radical (unpaired) electrons. The van der Waals surface area contributed by atoms with Crippen LogP contribution < -0.4 is 10.1 Å². The zero-order chi connectivity index (χ0) is 19.9. The largest absolute Gasteiger partial charge is 0.496 e. The SMILES string of the molecule is COc1ccccc1CCNC(=O)c1ccc(CSc2c(C)cccc2C)o1. The predicted molar refractivity (Wildman–Crippen MR) is 113 cm³/mol. The van der Waals surface area contributed by atoms with Gasteiger partial charge in [-0.15, -0.1) is 11.8 Å². The molecule has 4 nitrogen and oxygen atoms in total. The molecule has 0 fully saturated rings. The molecule has 5 heteroatoms. The molecule has 146 valence electrons. The first kappa shape index (κ1) is 20.1. The number of carbonyl (C=O) groups is 1. The Labute approximate surface area is 170 Å². The Kier molecular flexibility index (Phi) is 6.82. The second-order valence-corrected chi connectivity index (χ2v) is 7.58. The first-order valence-electron chi connectivity index (χ1n) is 9.26. The molecule has 3 rings (SSSR count). The molecule has 0 spiro atoms. The number of furan rings is 1. The van der Waals surface area contributed by atoms with Crippen LogP contribution in [0.1, 0.15) is 33.0 Å². The van der Waals surface area contributed by atoms with Gasteiger partial charge >= 0.3 is 0 Å². The maximum atomic E-state index is 12.3. The van der Waals surface area contributed by atoms with Gasteiger partial charge in [-0.25, -0.2) is 0 Å². The van der Waals surface area contributed by atoms with Crippen molar-refractivity contribution in [3.63, 3.8) is 0 Å². The molecule has 2 aromatic carbocycles. The minimum Gasteiger partial charge on any atom is -0.496 e. The van der Waals surface area contributed by atoms with E-state index in [-0.39, 0.29) is 5.91 Å². The van der Waals surface area contributed by atoms with Crippen LogP contribution in [-0.2, 0) is 12.2 Å². The monoisotopic (exact) mass is 395 g/mol. The van der Waals surface area contributed by atoms with Crippen molar-refractivity contribution in [2.45, 2.75) is 30.9 Å². The zero-order valence-corrected chi connectivity index (χ0v) is 17.3. The minimum absolute atomic E-state index is 0.196. The summed E-state index contributed by atoms with van der Waals surface area (Å²) < 4.78 is 11.1. The summed E-state index contributed by atoms with van der Waals surface area (Å²) in [4.78, 5) is 13.6. The standard InChI is InChI=1S/C23H25NO3S/c1-16-7-6-8-17(2)22(16)28-15-19-11-12-21(27-19)23(25)24-14-13-18-9-4-5-10-20(18)26-3/h4-12H,13-15H2,1-3H3,(H,24,25). The first-order valence-corrected chi connectivity index (χ1v) is 10.2. The number of para-hydroxylation sites is 1. The normalized spacial score (nSPS) is 10.7. The molecule has 0 atom stereocenters. The highest BCUT2D eigenvalue weighted by Crippen LogP contribution is 2.29. The van der Waals surface area contributed by atoms with Gasteiger partial charge in [-0.05, 0) is 55.2 Å². The number of nitrogens with one attached hydrogen (secondary N) is 1. The molecule has 1 N–H and O–H groups in total. The average molecular weight is 396 g/mol. The van der Waals surface area contributed by atoms with Crippen LogP contribution in [0.2, 0.25) is 0 Å². The molecule has 0 unspecified atom stereocenters. The van der Waals surface area contributed by atoms with Gasteiger partial charge < -0.3 is 14.5 Å². The molecule has 28 heavy (non-hydrogen) atoms. The molecule has 0 aliphatic rings. The van der Waals surface area contributed by atoms with Gasteiger partial charge in [0.05, 0.1) is 12.9 Å². The van der Waals surface area contributed by atoms with Crippen molar-refractivity contribution in [3.8, 4) is 5.75 Å². The summed E-state index contributed by atoms with van der Waals surface area (Å²) in [6, 6.07) is 17.7. The molecule has 3 aromatic rings. The van der Waals surface area contributed by atoms with Gasteiger partial charge in [-0.3, -0.25) is 4.79 Å². The van der Waals surface area contributed by atoms with Crippen molar-refractivity contribution < 1.29 is 13.9 Å². The molecule has 1 aromatic heterocycles. The van der Waals surface area contributed by atoms with Crippen LogP contribution in [-0.4, -0.2) is 19.6 Å². The summed E-state index contributed by atoms with van der Waals surface area (Å²) in [5.41, 5.74) is 3.58. The summed E-state index contributed by atoms with van der Waals surface area (Å²) in [6.45, 7) is 4.74. The van der Waals surface area contributed by atoms with E-state index in [0.717, 1.165) is 17.1 Å². The number of hydrogen-bond acceptors (Lipinski definition) is 4. The lowest BCUT2D eigenvalue weighted by Gasteiger charge is -2.08. The molecule has 0 bridgehead atoms. The number of rotatable bonds is 8. The fourth-order valence-electron chi connectivity index (χ4n) is 3.05. The van der Waals surface area contributed by atoms with E-state index in [1.165, 1.54) is 16.0 Å². The maximum Gasteiger partial charge on any atom is 0.287 e. The second-order valence-electron chi connectivity index (χ2n) is 6.59. The number of benzene rings is 2. The quantitative estimate of drug-likeness (QED) is 0.535. The summed E-state index contributed by atoms with van der Waals surface area (Å²) >= 11 is 1.73. The Hall–Kier alpha value is -2.66. The maximum absolute atomic E-state index is 12.3. The molecule has 0 aliphatic heterocycles. The number of carbonyl (C=O) groups excluding carboxylic acids is 1. The fourth-order valence-corrected chi connectivity index (χ4v) is 4.09. The third-order valence-electron chi connectivity index (χ3n) is 4.53. The Balaban J connectivity index is 1.52. The highest BCUT2D eigenvalue weighted by molar-refractivity contribution is 7.98. The molecular formula is C23H25NO3S. The predicted octanol–water partition coefficient (Wildman–Crippen LogP) is 5.17. The molecule has 1 amide bonds. The number of amides is 1. The number of thioether (sulfide) groups is 1. The van der Waals surface area contributed by atoms with E-state index >= 15 is 0 Å². The lowest BCUT2D eigenvalue weighted by molar-refractivity contribution is 0.0925. The van der Waals surface area contributed by atoms with Crippen LogP contribution in [0.5, 0.6) is 5.75 Å². The minimum atomic E-state index is -0.196. The van der Waals surface area contributed by atoms with E-state index in [0.29, 0.717) is 24.5 Å². The van der Waals surface area contributed by atoms with Crippen LogP contribution in [0, 0.1) is 13.8 Å². The Morgan fingerprint density at radius 3 is 2.54 bits per heavy atom. The van der Waals surface area contributed by atoms with Crippen molar-refractivity contribution >= 4 is 17.7 Å². The summed E-state index contributed by atoms with van der Waals surface area (Å²) in [5, 5.41) is 2.91. The van der Waals surface area contributed by atoms with Crippen LogP contribution in [0.4, 0.5) is 0 Å². The smallest absolute Gasteiger partial charge is 0.287 e. The van der Waals surface area contributed by atoms with E-state index in [9.17, 15) is 4.79 Å². The van der Waals surface area contributed by atoms with Crippen molar-refractivity contribution in [2.24, 2.45) is 0 Å². The second kappa shape index (κ2) is 9.51. The summed E-state index contributed by atoms with van der Waals surface area (Å²) in [7, 11) is 1.65. The summed E-state index contributed by atoms with van der Waals surface area (Å²) in [5.74, 6) is 2.47. The number of hydrogen-bond donors (Lipinski definition) is 1. The van der Waals surface area contributed by atoms with Gasteiger partial charge in [0.2, 0.25) is 0 Å².